The van der Waals surface area contributed by atoms with E-state index in [0.717, 1.165) is 23.7 Å². The lowest BCUT2D eigenvalue weighted by molar-refractivity contribution is -0.140. The summed E-state index contributed by atoms with van der Waals surface area (Å²) in [5.41, 5.74) is 0. The number of methoxy groups -OCH3 is 1. The van der Waals surface area contributed by atoms with Gasteiger partial charge in [-0.1, -0.05) is 0 Å². The first-order chi connectivity index (χ1) is 9.95. The van der Waals surface area contributed by atoms with E-state index in [1.807, 2.05) is 10.8 Å². The van der Waals surface area contributed by atoms with E-state index in [4.69, 9.17) is 0 Å². The van der Waals surface area contributed by atoms with E-state index < -0.39 is 16.2 Å². The Morgan fingerprint density at radius 3 is 2.81 bits per heavy atom. The molecule has 0 radical (unpaired) electrons. The molecule has 0 aromatic carbocycles. The molecule has 9 heteroatoms. The zero-order chi connectivity index (χ0) is 15.7. The maximum atomic E-state index is 11.9. The maximum absolute atomic E-state index is 11.9. The van der Waals surface area contributed by atoms with E-state index in [1.54, 1.807) is 12.5 Å². The zero-order valence-corrected chi connectivity index (χ0v) is 13.2. The van der Waals surface area contributed by atoms with E-state index in [1.165, 1.54) is 14.2 Å². The van der Waals surface area contributed by atoms with Gasteiger partial charge >= 0.3 is 5.97 Å². The molecule has 0 aliphatic rings. The third kappa shape index (κ3) is 6.69. The average Bonchev–Trinajstić information content (AvgIpc) is 2.96. The van der Waals surface area contributed by atoms with Crippen molar-refractivity contribution in [2.45, 2.75) is 25.8 Å². The Morgan fingerprint density at radius 1 is 1.43 bits per heavy atom. The summed E-state index contributed by atoms with van der Waals surface area (Å²) >= 11 is 0. The van der Waals surface area contributed by atoms with Crippen LogP contribution in [-0.2, 0) is 26.3 Å². The van der Waals surface area contributed by atoms with Gasteiger partial charge in [-0.05, 0) is 12.8 Å². The van der Waals surface area contributed by atoms with E-state index in [2.05, 4.69) is 14.4 Å². The quantitative estimate of drug-likeness (QED) is 0.484. The van der Waals surface area contributed by atoms with Crippen LogP contribution in [0.3, 0.4) is 0 Å². The first-order valence-electron chi connectivity index (χ1n) is 6.69. The number of nitrogens with zero attached hydrogens (tertiary/aromatic N) is 3. The van der Waals surface area contributed by atoms with Gasteiger partial charge < -0.3 is 9.30 Å². The summed E-state index contributed by atoms with van der Waals surface area (Å²) in [5, 5.41) is 0. The molecule has 0 aliphatic heterocycles. The molecule has 1 aromatic heterocycles. The van der Waals surface area contributed by atoms with Crippen molar-refractivity contribution in [3.63, 3.8) is 0 Å². The number of hydrogen-bond donors (Lipinski definition) is 1. The number of ether oxygens (including phenoxy) is 1. The van der Waals surface area contributed by atoms with Crippen LogP contribution in [0, 0.1) is 0 Å². The largest absolute Gasteiger partial charge is 0.469 e. The Labute approximate surface area is 125 Å². The van der Waals surface area contributed by atoms with Gasteiger partial charge in [-0.15, -0.1) is 0 Å². The lowest BCUT2D eigenvalue weighted by Gasteiger charge is -2.17. The van der Waals surface area contributed by atoms with Crippen molar-refractivity contribution in [1.29, 1.82) is 0 Å². The molecule has 1 aromatic rings. The van der Waals surface area contributed by atoms with Crippen LogP contribution in [0.25, 0.3) is 0 Å². The highest BCUT2D eigenvalue weighted by atomic mass is 32.2. The smallest absolute Gasteiger partial charge is 0.306 e. The lowest BCUT2D eigenvalue weighted by atomic mass is 10.3. The van der Waals surface area contributed by atoms with E-state index in [-0.39, 0.29) is 13.0 Å². The van der Waals surface area contributed by atoms with Gasteiger partial charge in [-0.25, -0.2) is 9.71 Å². The number of carbonyl (C=O) groups is 1. The average molecular weight is 318 g/mol. The topological polar surface area (TPSA) is 93.5 Å². The van der Waals surface area contributed by atoms with Gasteiger partial charge in [0.05, 0.1) is 19.9 Å². The SMILES string of the molecule is COC(=O)CCN(C)S(=O)(=O)NCCCCn1ccnc1. The van der Waals surface area contributed by atoms with Crippen LogP contribution in [0.4, 0.5) is 0 Å². The summed E-state index contributed by atoms with van der Waals surface area (Å²) in [7, 11) is -0.842. The van der Waals surface area contributed by atoms with E-state index >= 15 is 0 Å². The van der Waals surface area contributed by atoms with Crippen molar-refractivity contribution in [2.24, 2.45) is 0 Å². The molecule has 21 heavy (non-hydrogen) atoms. The van der Waals surface area contributed by atoms with Gasteiger partial charge in [0.15, 0.2) is 0 Å². The number of aromatic nitrogens is 2. The number of rotatable bonds is 10. The fourth-order valence-corrected chi connectivity index (χ4v) is 2.58. The monoisotopic (exact) mass is 318 g/mol. The van der Waals surface area contributed by atoms with Crippen molar-refractivity contribution in [3.05, 3.63) is 18.7 Å². The van der Waals surface area contributed by atoms with Crippen molar-refractivity contribution in [3.8, 4) is 0 Å². The molecule has 0 fully saturated rings. The van der Waals surface area contributed by atoms with Crippen molar-refractivity contribution >= 4 is 16.2 Å². The van der Waals surface area contributed by atoms with Crippen LogP contribution in [-0.4, -0.2) is 55.5 Å². The second kappa shape index (κ2) is 8.75. The summed E-state index contributed by atoms with van der Waals surface area (Å²) < 4.78 is 33.8. The normalized spacial score (nSPS) is 11.8. The number of unbranched alkanes of at least 4 members (excludes halogenated alkanes) is 1. The lowest BCUT2D eigenvalue weighted by Crippen LogP contribution is -2.39. The minimum atomic E-state index is -3.54. The minimum Gasteiger partial charge on any atom is -0.469 e. The Morgan fingerprint density at radius 2 is 2.19 bits per heavy atom. The highest BCUT2D eigenvalue weighted by Crippen LogP contribution is 1.99. The molecule has 1 heterocycles. The molecule has 0 spiro atoms. The molecule has 120 valence electrons. The summed E-state index contributed by atoms with van der Waals surface area (Å²) in [6, 6.07) is 0. The fourth-order valence-electron chi connectivity index (χ4n) is 1.62. The first-order valence-corrected chi connectivity index (χ1v) is 8.13. The fraction of sp³-hybridized carbons (Fsp3) is 0.667. The van der Waals surface area contributed by atoms with Gasteiger partial charge in [-0.2, -0.15) is 12.7 Å². The predicted octanol–water partition coefficient (Wildman–Crippen LogP) is -0.00740. The number of hydrogen-bond acceptors (Lipinski definition) is 5. The number of carbonyl (C=O) groups excluding carboxylic acids is 1. The van der Waals surface area contributed by atoms with Crippen LogP contribution in [0.5, 0.6) is 0 Å². The number of imidazole rings is 1. The highest BCUT2D eigenvalue weighted by molar-refractivity contribution is 7.87. The van der Waals surface area contributed by atoms with Gasteiger partial charge in [0.1, 0.15) is 0 Å². The predicted molar refractivity (Wildman–Crippen MR) is 77.6 cm³/mol. The molecule has 1 rings (SSSR count). The van der Waals surface area contributed by atoms with Crippen LogP contribution in [0.15, 0.2) is 18.7 Å². The molecule has 1 N–H and O–H groups in total. The summed E-state index contributed by atoms with van der Waals surface area (Å²) in [4.78, 5) is 14.9. The Kier molecular flexibility index (Phi) is 7.34. The molecule has 8 nitrogen and oxygen atoms in total. The molecule has 0 aliphatic carbocycles. The Hall–Kier alpha value is -1.45. The first kappa shape index (κ1) is 17.6. The summed E-state index contributed by atoms with van der Waals surface area (Å²) in [6.45, 7) is 1.26. The number of esters is 1. The third-order valence-corrected chi connectivity index (χ3v) is 4.53. The van der Waals surface area contributed by atoms with Crippen LogP contribution in [0.2, 0.25) is 0 Å². The van der Waals surface area contributed by atoms with Crippen molar-refractivity contribution in [2.75, 3.05) is 27.2 Å². The van der Waals surface area contributed by atoms with Crippen LogP contribution < -0.4 is 4.72 Å². The Bertz CT molecular complexity index is 515. The van der Waals surface area contributed by atoms with E-state index in [9.17, 15) is 13.2 Å². The molecule has 0 saturated heterocycles. The van der Waals surface area contributed by atoms with Crippen molar-refractivity contribution in [1.82, 2.24) is 18.6 Å². The molecular formula is C12H22N4O4S. The second-order valence-electron chi connectivity index (χ2n) is 4.55. The number of nitrogens with one attached hydrogen (secondary N) is 1. The minimum absolute atomic E-state index is 0.0362. The second-order valence-corrected chi connectivity index (χ2v) is 6.42. The van der Waals surface area contributed by atoms with Gasteiger partial charge in [0.25, 0.3) is 10.2 Å². The van der Waals surface area contributed by atoms with Gasteiger partial charge in [0.2, 0.25) is 0 Å². The van der Waals surface area contributed by atoms with Crippen molar-refractivity contribution < 1.29 is 17.9 Å². The third-order valence-electron chi connectivity index (χ3n) is 2.96. The molecular weight excluding hydrogens is 296 g/mol. The van der Waals surface area contributed by atoms with Crippen LogP contribution in [0.1, 0.15) is 19.3 Å². The molecule has 0 saturated carbocycles. The molecule has 0 unspecified atom stereocenters. The zero-order valence-electron chi connectivity index (χ0n) is 12.4. The van der Waals surface area contributed by atoms with E-state index in [0.29, 0.717) is 6.54 Å². The highest BCUT2D eigenvalue weighted by Gasteiger charge is 2.17. The number of aryl methyl sites for hydroxylation is 1. The molecule has 0 atom stereocenters. The summed E-state index contributed by atoms with van der Waals surface area (Å²) in [6.07, 6.45) is 6.91. The molecule has 0 bridgehead atoms. The maximum Gasteiger partial charge on any atom is 0.306 e. The molecule has 0 amide bonds. The van der Waals surface area contributed by atoms with Crippen LogP contribution >= 0.6 is 0 Å². The standard InChI is InChI=1S/C12H22N4O4S/c1-15(9-5-12(17)20-2)21(18,19)14-6-3-4-8-16-10-7-13-11-16/h7,10-11,14H,3-6,8-9H2,1-2H3. The Balaban J connectivity index is 2.20. The van der Waals surface area contributed by atoms with Gasteiger partial charge in [-0.3, -0.25) is 4.79 Å². The summed E-state index contributed by atoms with van der Waals surface area (Å²) in [5.74, 6) is -0.433. The van der Waals surface area contributed by atoms with Gasteiger partial charge in [0, 0.05) is 39.1 Å².